The monoisotopic (exact) mass is 264 g/mol. The Morgan fingerprint density at radius 1 is 1.33 bits per heavy atom. The molecule has 1 aromatic heterocycles. The molecule has 0 bridgehead atoms. The average molecular weight is 265 g/mol. The van der Waals surface area contributed by atoms with E-state index < -0.39 is 0 Å². The van der Waals surface area contributed by atoms with Crippen molar-refractivity contribution in [2.45, 2.75) is 19.9 Å². The third-order valence-corrected chi connectivity index (χ3v) is 2.96. The molecule has 2 rings (SSSR count). The van der Waals surface area contributed by atoms with Gasteiger partial charge in [0.2, 0.25) is 0 Å². The van der Waals surface area contributed by atoms with Crippen LogP contribution in [0.2, 0.25) is 0 Å². The Morgan fingerprint density at radius 3 is 2.87 bits per heavy atom. The zero-order chi connectivity index (χ0) is 10.7. The van der Waals surface area contributed by atoms with Crippen molar-refractivity contribution >= 4 is 15.9 Å². The lowest BCUT2D eigenvalue weighted by molar-refractivity contribution is 0.603. The van der Waals surface area contributed by atoms with Gasteiger partial charge >= 0.3 is 0 Å². The summed E-state index contributed by atoms with van der Waals surface area (Å²) in [5.41, 5.74) is 2.36. The molecule has 2 nitrogen and oxygen atoms in total. The largest absolute Gasteiger partial charge is 0.272 e. The maximum Gasteiger partial charge on any atom is 0.0568 e. The van der Waals surface area contributed by atoms with Crippen LogP contribution in [0.4, 0.5) is 0 Å². The molecule has 15 heavy (non-hydrogen) atoms. The average Bonchev–Trinajstić information content (AvgIpc) is 2.68. The molecule has 0 aliphatic rings. The fourth-order valence-electron chi connectivity index (χ4n) is 1.55. The van der Waals surface area contributed by atoms with E-state index in [1.54, 1.807) is 0 Å². The highest BCUT2D eigenvalue weighted by molar-refractivity contribution is 9.10. The number of rotatable bonds is 3. The van der Waals surface area contributed by atoms with Crippen LogP contribution in [0.1, 0.15) is 13.3 Å². The van der Waals surface area contributed by atoms with Gasteiger partial charge in [-0.25, -0.2) is 0 Å². The number of halogens is 1. The zero-order valence-corrected chi connectivity index (χ0v) is 10.2. The van der Waals surface area contributed by atoms with E-state index in [-0.39, 0.29) is 0 Å². The van der Waals surface area contributed by atoms with Crippen molar-refractivity contribution in [2.24, 2.45) is 0 Å². The predicted octanol–water partition coefficient (Wildman–Crippen LogP) is 3.72. The van der Waals surface area contributed by atoms with E-state index in [0.29, 0.717) is 0 Å². The molecule has 0 saturated heterocycles. The molecular weight excluding hydrogens is 252 g/mol. The normalized spacial score (nSPS) is 10.5. The van der Waals surface area contributed by atoms with Crippen LogP contribution >= 0.6 is 15.9 Å². The number of aryl methyl sites for hydroxylation is 1. The molecule has 0 aliphatic heterocycles. The number of aromatic nitrogens is 2. The summed E-state index contributed by atoms with van der Waals surface area (Å²) in [7, 11) is 0. The van der Waals surface area contributed by atoms with Gasteiger partial charge in [0.05, 0.1) is 6.20 Å². The fraction of sp³-hybridized carbons (Fsp3) is 0.250. The van der Waals surface area contributed by atoms with Crippen molar-refractivity contribution in [1.82, 2.24) is 9.78 Å². The van der Waals surface area contributed by atoms with E-state index in [4.69, 9.17) is 0 Å². The van der Waals surface area contributed by atoms with Gasteiger partial charge in [-0.3, -0.25) is 4.68 Å². The Kier molecular flexibility index (Phi) is 3.21. The second kappa shape index (κ2) is 4.62. The Bertz CT molecular complexity index is 448. The molecule has 78 valence electrons. The maximum absolute atomic E-state index is 4.32. The van der Waals surface area contributed by atoms with Crippen LogP contribution in [0.3, 0.4) is 0 Å². The summed E-state index contributed by atoms with van der Waals surface area (Å²) in [6.07, 6.45) is 5.11. The SMILES string of the molecule is CCCn1cc(-c2ccccc2Br)cn1. The molecule has 0 atom stereocenters. The molecule has 0 saturated carbocycles. The smallest absolute Gasteiger partial charge is 0.0568 e. The molecule has 1 aromatic carbocycles. The molecule has 0 radical (unpaired) electrons. The highest BCUT2D eigenvalue weighted by Gasteiger charge is 2.04. The molecular formula is C12H13BrN2. The Morgan fingerprint density at radius 2 is 2.13 bits per heavy atom. The highest BCUT2D eigenvalue weighted by Crippen LogP contribution is 2.27. The van der Waals surface area contributed by atoms with Gasteiger partial charge in [-0.1, -0.05) is 41.1 Å². The first kappa shape index (κ1) is 10.4. The quantitative estimate of drug-likeness (QED) is 0.826. The second-order valence-electron chi connectivity index (χ2n) is 3.47. The van der Waals surface area contributed by atoms with Crippen LogP contribution in [0.15, 0.2) is 41.1 Å². The summed E-state index contributed by atoms with van der Waals surface area (Å²) >= 11 is 3.54. The molecule has 0 N–H and O–H groups in total. The van der Waals surface area contributed by atoms with E-state index in [0.717, 1.165) is 23.0 Å². The van der Waals surface area contributed by atoms with Crippen molar-refractivity contribution in [1.29, 1.82) is 0 Å². The first-order chi connectivity index (χ1) is 7.31. The minimum atomic E-state index is 0.977. The summed E-state index contributed by atoms with van der Waals surface area (Å²) in [4.78, 5) is 0. The van der Waals surface area contributed by atoms with Gasteiger partial charge in [0.25, 0.3) is 0 Å². The van der Waals surface area contributed by atoms with Crippen LogP contribution in [-0.2, 0) is 6.54 Å². The minimum Gasteiger partial charge on any atom is -0.272 e. The lowest BCUT2D eigenvalue weighted by atomic mass is 10.1. The summed E-state index contributed by atoms with van der Waals surface area (Å²) in [6.45, 7) is 3.13. The van der Waals surface area contributed by atoms with Crippen LogP contribution in [0, 0.1) is 0 Å². The van der Waals surface area contributed by atoms with E-state index in [9.17, 15) is 0 Å². The van der Waals surface area contributed by atoms with E-state index in [2.05, 4.69) is 40.2 Å². The van der Waals surface area contributed by atoms with Gasteiger partial charge in [-0.2, -0.15) is 5.10 Å². The van der Waals surface area contributed by atoms with Crippen LogP contribution in [0.25, 0.3) is 11.1 Å². The van der Waals surface area contributed by atoms with Gasteiger partial charge in [-0.05, 0) is 18.1 Å². The van der Waals surface area contributed by atoms with Crippen molar-refractivity contribution in [3.05, 3.63) is 41.1 Å². The number of hydrogen-bond acceptors (Lipinski definition) is 1. The third-order valence-electron chi connectivity index (χ3n) is 2.27. The minimum absolute atomic E-state index is 0.977. The van der Waals surface area contributed by atoms with Crippen molar-refractivity contribution in [3.8, 4) is 11.1 Å². The molecule has 3 heteroatoms. The van der Waals surface area contributed by atoms with E-state index in [1.807, 2.05) is 29.1 Å². The second-order valence-corrected chi connectivity index (χ2v) is 4.33. The molecule has 1 heterocycles. The molecule has 0 aliphatic carbocycles. The summed E-state index contributed by atoms with van der Waals surface area (Å²) in [6, 6.07) is 8.20. The number of benzene rings is 1. The fourth-order valence-corrected chi connectivity index (χ4v) is 2.06. The van der Waals surface area contributed by atoms with E-state index >= 15 is 0 Å². The topological polar surface area (TPSA) is 17.8 Å². The van der Waals surface area contributed by atoms with Crippen LogP contribution < -0.4 is 0 Å². The Hall–Kier alpha value is -1.09. The molecule has 0 amide bonds. The standard InChI is InChI=1S/C12H13BrN2/c1-2-7-15-9-10(8-14-15)11-5-3-4-6-12(11)13/h3-6,8-9H,2,7H2,1H3. The summed E-state index contributed by atoms with van der Waals surface area (Å²) < 4.78 is 3.09. The van der Waals surface area contributed by atoms with Gasteiger partial charge in [0.1, 0.15) is 0 Å². The molecule has 0 unspecified atom stereocenters. The van der Waals surface area contributed by atoms with E-state index in [1.165, 1.54) is 5.56 Å². The van der Waals surface area contributed by atoms with Gasteiger partial charge in [0, 0.05) is 22.8 Å². The third kappa shape index (κ3) is 2.29. The lowest BCUT2D eigenvalue weighted by Crippen LogP contribution is -1.95. The van der Waals surface area contributed by atoms with Crippen LogP contribution in [-0.4, -0.2) is 9.78 Å². The Balaban J connectivity index is 2.33. The lowest BCUT2D eigenvalue weighted by Gasteiger charge is -2.00. The van der Waals surface area contributed by atoms with Crippen LogP contribution in [0.5, 0.6) is 0 Å². The van der Waals surface area contributed by atoms with Gasteiger partial charge < -0.3 is 0 Å². The molecule has 2 aromatic rings. The predicted molar refractivity (Wildman–Crippen MR) is 65.7 cm³/mol. The number of nitrogens with zero attached hydrogens (tertiary/aromatic N) is 2. The van der Waals surface area contributed by atoms with Gasteiger partial charge in [0.15, 0.2) is 0 Å². The first-order valence-corrected chi connectivity index (χ1v) is 5.88. The Labute approximate surface area is 98.1 Å². The van der Waals surface area contributed by atoms with Crippen molar-refractivity contribution < 1.29 is 0 Å². The summed E-state index contributed by atoms with van der Waals surface area (Å²) in [5.74, 6) is 0. The van der Waals surface area contributed by atoms with Crippen molar-refractivity contribution in [2.75, 3.05) is 0 Å². The summed E-state index contributed by atoms with van der Waals surface area (Å²) in [5, 5.41) is 4.32. The number of hydrogen-bond donors (Lipinski definition) is 0. The van der Waals surface area contributed by atoms with Gasteiger partial charge in [-0.15, -0.1) is 0 Å². The maximum atomic E-state index is 4.32. The van der Waals surface area contributed by atoms with Crippen molar-refractivity contribution in [3.63, 3.8) is 0 Å². The molecule has 0 fully saturated rings. The zero-order valence-electron chi connectivity index (χ0n) is 8.65. The highest BCUT2D eigenvalue weighted by atomic mass is 79.9. The first-order valence-electron chi connectivity index (χ1n) is 5.08. The molecule has 0 spiro atoms.